The first kappa shape index (κ1) is 35.4. The quantitative estimate of drug-likeness (QED) is 0.180. The predicted octanol–water partition coefficient (Wildman–Crippen LogP) is 5.21. The predicted molar refractivity (Wildman–Crippen MR) is 157 cm³/mol. The van der Waals surface area contributed by atoms with E-state index in [4.69, 9.17) is 13.5 Å². The molecular weight excluding hydrogens is 552 g/mol. The van der Waals surface area contributed by atoms with Gasteiger partial charge in [-0.1, -0.05) is 47.5 Å². The third-order valence-electron chi connectivity index (χ3n) is 6.03. The molecular formula is C30H42O8S2. The number of aryl methyl sites for hydroxylation is 6. The van der Waals surface area contributed by atoms with E-state index in [9.17, 15) is 21.6 Å². The highest BCUT2D eigenvalue weighted by atomic mass is 32.2. The van der Waals surface area contributed by atoms with Crippen LogP contribution in [0.15, 0.2) is 59.4 Å². The van der Waals surface area contributed by atoms with E-state index in [0.29, 0.717) is 41.4 Å². The third kappa shape index (κ3) is 10.4. The highest BCUT2D eigenvalue weighted by Crippen LogP contribution is 2.25. The van der Waals surface area contributed by atoms with Gasteiger partial charge in [0.05, 0.1) is 23.0 Å². The van der Waals surface area contributed by atoms with Gasteiger partial charge >= 0.3 is 0 Å². The Morgan fingerprint density at radius 3 is 1.43 bits per heavy atom. The van der Waals surface area contributed by atoms with E-state index in [1.54, 1.807) is 52.0 Å². The minimum atomic E-state index is -3.86. The molecule has 0 aliphatic carbocycles. The maximum Gasteiger partial charge on any atom is 0.297 e. The number of aldehydes is 1. The van der Waals surface area contributed by atoms with Gasteiger partial charge in [-0.3, -0.25) is 8.37 Å². The molecule has 0 bridgehead atoms. The number of aliphatic hydroxyl groups is 1. The molecule has 222 valence electrons. The van der Waals surface area contributed by atoms with Crippen molar-refractivity contribution in [1.82, 2.24) is 0 Å². The Hall–Kier alpha value is -2.63. The van der Waals surface area contributed by atoms with Crippen molar-refractivity contribution >= 4 is 26.5 Å². The van der Waals surface area contributed by atoms with Gasteiger partial charge in [0, 0.05) is 18.4 Å². The maximum atomic E-state index is 12.3. The first-order valence-corrected chi connectivity index (χ1v) is 15.7. The van der Waals surface area contributed by atoms with Gasteiger partial charge in [-0.15, -0.1) is 13.2 Å². The summed E-state index contributed by atoms with van der Waals surface area (Å²) in [7, 11) is -7.66. The number of aliphatic hydroxyl groups excluding tert-OH is 1. The summed E-state index contributed by atoms with van der Waals surface area (Å²) in [5, 5.41) is 9.15. The van der Waals surface area contributed by atoms with Crippen LogP contribution in [0, 0.1) is 53.4 Å². The summed E-state index contributed by atoms with van der Waals surface area (Å²) in [6, 6.07) is 7.22. The number of hydrogen-bond acceptors (Lipinski definition) is 8. The molecule has 2 aromatic carbocycles. The van der Waals surface area contributed by atoms with Gasteiger partial charge in [0.15, 0.2) is 0 Å². The summed E-state index contributed by atoms with van der Waals surface area (Å²) in [6.45, 7) is 17.6. The summed E-state index contributed by atoms with van der Waals surface area (Å²) >= 11 is 0. The van der Waals surface area contributed by atoms with E-state index in [0.717, 1.165) is 11.1 Å². The molecule has 8 nitrogen and oxygen atoms in total. The SMILES string of the molecule is C=CC[C@H](C=O)COS(=O)(=O)c1c(C)cc(C)cc1C.C=CC[C@H](CO)COS(=O)(=O)c1c(C)cc(C)cc1C. The van der Waals surface area contributed by atoms with Crippen LogP contribution < -0.4 is 0 Å². The largest absolute Gasteiger partial charge is 0.396 e. The molecule has 0 aromatic heterocycles. The Balaban J connectivity index is 0.000000400. The van der Waals surface area contributed by atoms with E-state index >= 15 is 0 Å². The molecule has 0 amide bonds. The molecule has 2 atom stereocenters. The monoisotopic (exact) mass is 594 g/mol. The summed E-state index contributed by atoms with van der Waals surface area (Å²) < 4.78 is 59.2. The molecule has 0 unspecified atom stereocenters. The molecule has 0 fully saturated rings. The van der Waals surface area contributed by atoms with Gasteiger partial charge < -0.3 is 9.90 Å². The fraction of sp³-hybridized carbons (Fsp3) is 0.433. The molecule has 1 N–H and O–H groups in total. The minimum Gasteiger partial charge on any atom is -0.396 e. The Kier molecular flexibility index (Phi) is 14.1. The molecule has 2 rings (SSSR count). The number of allylic oxidation sites excluding steroid dienone is 2. The van der Waals surface area contributed by atoms with Gasteiger partial charge in [-0.2, -0.15) is 16.8 Å². The second-order valence-corrected chi connectivity index (χ2v) is 13.0. The Morgan fingerprint density at radius 1 is 0.725 bits per heavy atom. The van der Waals surface area contributed by atoms with Gasteiger partial charge in [-0.05, 0) is 76.6 Å². The van der Waals surface area contributed by atoms with E-state index in [-0.39, 0.29) is 35.5 Å². The van der Waals surface area contributed by atoms with Crippen molar-refractivity contribution in [2.45, 2.75) is 64.2 Å². The molecule has 40 heavy (non-hydrogen) atoms. The fourth-order valence-electron chi connectivity index (χ4n) is 4.41. The lowest BCUT2D eigenvalue weighted by atomic mass is 10.1. The number of rotatable bonds is 14. The van der Waals surface area contributed by atoms with Crippen LogP contribution in [0.2, 0.25) is 0 Å². The second kappa shape index (κ2) is 16.0. The van der Waals surface area contributed by atoms with Crippen molar-refractivity contribution in [3.05, 3.63) is 83.0 Å². The summed E-state index contributed by atoms with van der Waals surface area (Å²) in [5.41, 5.74) is 4.65. The molecule has 0 saturated heterocycles. The van der Waals surface area contributed by atoms with Crippen LogP contribution in [0.4, 0.5) is 0 Å². The summed E-state index contributed by atoms with van der Waals surface area (Å²) in [4.78, 5) is 11.2. The number of benzene rings is 2. The molecule has 2 aromatic rings. The molecule has 0 radical (unpaired) electrons. The Bertz CT molecular complexity index is 1350. The summed E-state index contributed by atoms with van der Waals surface area (Å²) in [5.74, 6) is -0.748. The Labute approximate surface area is 240 Å². The molecule has 0 aliphatic rings. The van der Waals surface area contributed by atoms with Crippen LogP contribution in [0.1, 0.15) is 46.2 Å². The first-order chi connectivity index (χ1) is 18.6. The minimum absolute atomic E-state index is 0.0440. The molecule has 0 aliphatic heterocycles. The average molecular weight is 595 g/mol. The highest BCUT2D eigenvalue weighted by molar-refractivity contribution is 7.87. The Morgan fingerprint density at radius 2 is 1.10 bits per heavy atom. The van der Waals surface area contributed by atoms with Crippen molar-refractivity contribution in [1.29, 1.82) is 0 Å². The van der Waals surface area contributed by atoms with E-state index in [1.165, 1.54) is 0 Å². The zero-order valence-electron chi connectivity index (χ0n) is 24.3. The third-order valence-corrected chi connectivity index (χ3v) is 9.21. The van der Waals surface area contributed by atoms with Crippen molar-refractivity contribution < 1.29 is 35.1 Å². The normalized spacial score (nSPS) is 13.1. The molecule has 0 saturated carbocycles. The van der Waals surface area contributed by atoms with Crippen LogP contribution >= 0.6 is 0 Å². The van der Waals surface area contributed by atoms with E-state index in [1.807, 2.05) is 26.0 Å². The van der Waals surface area contributed by atoms with Gasteiger partial charge in [0.1, 0.15) is 6.29 Å². The maximum absolute atomic E-state index is 12.3. The number of carbonyl (C=O) groups excluding carboxylic acids is 1. The van der Waals surface area contributed by atoms with Crippen molar-refractivity contribution in [2.24, 2.45) is 11.8 Å². The molecule has 0 heterocycles. The lowest BCUT2D eigenvalue weighted by Gasteiger charge is -2.15. The average Bonchev–Trinajstić information content (AvgIpc) is 2.83. The first-order valence-electron chi connectivity index (χ1n) is 12.9. The summed E-state index contributed by atoms with van der Waals surface area (Å²) in [6.07, 6.45) is 4.80. The molecule has 0 spiro atoms. The number of hydrogen-bond donors (Lipinski definition) is 1. The van der Waals surface area contributed by atoms with E-state index in [2.05, 4.69) is 13.2 Å². The number of carbonyl (C=O) groups is 1. The van der Waals surface area contributed by atoms with Gasteiger partial charge in [-0.25, -0.2) is 0 Å². The standard InChI is InChI=1S/C15H22O4S.C15H20O4S/c2*1-5-6-14(9-16)10-19-20(17,18)15-12(3)7-11(2)8-13(15)4/h5,7-8,14,16H,1,6,9-10H2,2-4H3;5,7-9,14H,1,6,10H2,2-4H3/t2*14-/m11/s1. The van der Waals surface area contributed by atoms with Crippen molar-refractivity contribution in [3.8, 4) is 0 Å². The van der Waals surface area contributed by atoms with Crippen molar-refractivity contribution in [2.75, 3.05) is 19.8 Å². The highest BCUT2D eigenvalue weighted by Gasteiger charge is 2.23. The van der Waals surface area contributed by atoms with Crippen molar-refractivity contribution in [3.63, 3.8) is 0 Å². The van der Waals surface area contributed by atoms with Crippen LogP contribution in [0.3, 0.4) is 0 Å². The molecule has 10 heteroatoms. The topological polar surface area (TPSA) is 124 Å². The fourth-order valence-corrected chi connectivity index (χ4v) is 7.19. The van der Waals surface area contributed by atoms with Gasteiger partial charge in [0.25, 0.3) is 20.2 Å². The van der Waals surface area contributed by atoms with Crippen LogP contribution in [-0.4, -0.2) is 48.0 Å². The van der Waals surface area contributed by atoms with Gasteiger partial charge in [0.2, 0.25) is 0 Å². The second-order valence-electron chi connectivity index (χ2n) is 9.93. The zero-order chi connectivity index (χ0) is 30.7. The van der Waals surface area contributed by atoms with Crippen LogP contribution in [0.5, 0.6) is 0 Å². The smallest absolute Gasteiger partial charge is 0.297 e. The van der Waals surface area contributed by atoms with Crippen LogP contribution in [0.25, 0.3) is 0 Å². The van der Waals surface area contributed by atoms with Crippen LogP contribution in [-0.2, 0) is 33.4 Å². The lowest BCUT2D eigenvalue weighted by molar-refractivity contribution is -0.111. The van der Waals surface area contributed by atoms with E-state index < -0.39 is 26.2 Å². The lowest BCUT2D eigenvalue weighted by Crippen LogP contribution is -2.18. The zero-order valence-corrected chi connectivity index (χ0v) is 25.9.